The molecule has 0 saturated carbocycles. The molecule has 0 atom stereocenters. The molecule has 1 saturated heterocycles. The molecule has 0 bridgehead atoms. The molecule has 23 heavy (non-hydrogen) atoms. The fourth-order valence-electron chi connectivity index (χ4n) is 1.90. The summed E-state index contributed by atoms with van der Waals surface area (Å²) < 4.78 is 5.16. The van der Waals surface area contributed by atoms with Crippen LogP contribution in [-0.4, -0.2) is 26.2 Å². The summed E-state index contributed by atoms with van der Waals surface area (Å²) in [4.78, 5) is 31.2. The number of thiophene rings is 1. The minimum absolute atomic E-state index is 0.00444. The van der Waals surface area contributed by atoms with E-state index in [1.165, 1.54) is 11.3 Å². The molecule has 0 spiro atoms. The van der Waals surface area contributed by atoms with Gasteiger partial charge in [0.25, 0.3) is 11.1 Å². The molecule has 1 fully saturated rings. The predicted molar refractivity (Wildman–Crippen MR) is 88.8 cm³/mol. The van der Waals surface area contributed by atoms with E-state index in [1.54, 1.807) is 6.08 Å². The Kier molecular flexibility index (Phi) is 4.11. The Morgan fingerprint density at radius 2 is 2.13 bits per heavy atom. The highest BCUT2D eigenvalue weighted by molar-refractivity contribution is 8.18. The number of hydrogen-bond acceptors (Lipinski definition) is 7. The zero-order valence-corrected chi connectivity index (χ0v) is 14.5. The number of carbonyl (C=O) groups excluding carboxylic acids is 2. The van der Waals surface area contributed by atoms with Gasteiger partial charge in [-0.05, 0) is 29.3 Å². The Labute approximate surface area is 141 Å². The van der Waals surface area contributed by atoms with Crippen LogP contribution in [0.15, 0.2) is 26.9 Å². The largest absolute Gasteiger partial charge is 0.337 e. The molecule has 2 aromatic heterocycles. The fraction of sp³-hybridized carbons (Fsp3) is 0.333. The highest BCUT2D eigenvalue weighted by atomic mass is 32.2. The van der Waals surface area contributed by atoms with Crippen molar-refractivity contribution >= 4 is 40.3 Å². The Morgan fingerprint density at radius 3 is 2.74 bits per heavy atom. The van der Waals surface area contributed by atoms with Crippen molar-refractivity contribution in [3.63, 3.8) is 0 Å². The first kappa shape index (κ1) is 15.9. The van der Waals surface area contributed by atoms with E-state index < -0.39 is 0 Å². The van der Waals surface area contributed by atoms with Crippen molar-refractivity contribution in [3.05, 3.63) is 39.0 Å². The summed E-state index contributed by atoms with van der Waals surface area (Å²) in [6.07, 6.45) is 1.73. The number of thioether (sulfide) groups is 1. The molecule has 0 aromatic carbocycles. The topological polar surface area (TPSA) is 76.3 Å². The number of carbonyl (C=O) groups is 2. The summed E-state index contributed by atoms with van der Waals surface area (Å²) in [5, 5.41) is 5.50. The molecule has 0 aliphatic carbocycles. The van der Waals surface area contributed by atoms with Gasteiger partial charge in [0.05, 0.1) is 4.91 Å². The molecule has 120 valence electrons. The zero-order chi connectivity index (χ0) is 16.6. The summed E-state index contributed by atoms with van der Waals surface area (Å²) in [6.45, 7) is 5.89. The minimum Gasteiger partial charge on any atom is -0.337 e. The summed E-state index contributed by atoms with van der Waals surface area (Å²) in [5.41, 5.74) is -0.250. The maximum absolute atomic E-state index is 12.4. The van der Waals surface area contributed by atoms with Gasteiger partial charge in [0.2, 0.25) is 5.89 Å². The number of rotatable bonds is 3. The smallest absolute Gasteiger partial charge is 0.294 e. The van der Waals surface area contributed by atoms with Crippen LogP contribution in [0.2, 0.25) is 0 Å². The van der Waals surface area contributed by atoms with Crippen LogP contribution < -0.4 is 0 Å². The molecule has 1 aliphatic rings. The minimum atomic E-state index is -0.330. The maximum Gasteiger partial charge on any atom is 0.294 e. The molecule has 2 amide bonds. The van der Waals surface area contributed by atoms with Crippen molar-refractivity contribution in [1.82, 2.24) is 15.0 Å². The molecule has 3 heterocycles. The second kappa shape index (κ2) is 5.93. The van der Waals surface area contributed by atoms with E-state index in [4.69, 9.17) is 4.52 Å². The van der Waals surface area contributed by atoms with Gasteiger partial charge in [0, 0.05) is 10.3 Å². The quantitative estimate of drug-likeness (QED) is 0.787. The second-order valence-electron chi connectivity index (χ2n) is 6.04. The summed E-state index contributed by atoms with van der Waals surface area (Å²) in [6, 6.07) is 3.79. The number of hydrogen-bond donors (Lipinski definition) is 0. The lowest BCUT2D eigenvalue weighted by atomic mass is 9.96. The van der Waals surface area contributed by atoms with Crippen LogP contribution in [0.1, 0.15) is 37.4 Å². The maximum atomic E-state index is 12.4. The molecule has 0 radical (unpaired) electrons. The van der Waals surface area contributed by atoms with E-state index in [0.717, 1.165) is 21.5 Å². The Bertz CT molecular complexity index is 772. The van der Waals surface area contributed by atoms with Gasteiger partial charge in [-0.15, -0.1) is 11.3 Å². The lowest BCUT2D eigenvalue weighted by molar-refractivity contribution is -0.123. The van der Waals surface area contributed by atoms with Gasteiger partial charge in [-0.25, -0.2) is 0 Å². The first-order chi connectivity index (χ1) is 10.8. The number of imide groups is 1. The average Bonchev–Trinajstić information content (AvgIpc) is 3.17. The van der Waals surface area contributed by atoms with Crippen LogP contribution >= 0.6 is 23.1 Å². The lowest BCUT2D eigenvalue weighted by Gasteiger charge is -2.11. The van der Waals surface area contributed by atoms with Gasteiger partial charge in [0.1, 0.15) is 6.54 Å². The molecule has 0 N–H and O–H groups in total. The van der Waals surface area contributed by atoms with Crippen LogP contribution in [-0.2, 0) is 16.8 Å². The second-order valence-corrected chi connectivity index (χ2v) is 8.02. The van der Waals surface area contributed by atoms with Crippen molar-refractivity contribution in [2.75, 3.05) is 0 Å². The van der Waals surface area contributed by atoms with E-state index >= 15 is 0 Å². The van der Waals surface area contributed by atoms with Gasteiger partial charge in [-0.1, -0.05) is 32.0 Å². The normalized spacial score (nSPS) is 17.5. The number of amides is 2. The zero-order valence-electron chi connectivity index (χ0n) is 12.9. The molecular weight excluding hydrogens is 334 g/mol. The molecule has 0 unspecified atom stereocenters. The molecule has 1 aliphatic heterocycles. The van der Waals surface area contributed by atoms with Crippen molar-refractivity contribution in [2.45, 2.75) is 32.7 Å². The van der Waals surface area contributed by atoms with Gasteiger partial charge < -0.3 is 4.52 Å². The highest BCUT2D eigenvalue weighted by Crippen LogP contribution is 2.34. The van der Waals surface area contributed by atoms with E-state index in [9.17, 15) is 9.59 Å². The third-order valence-electron chi connectivity index (χ3n) is 3.12. The summed E-state index contributed by atoms with van der Waals surface area (Å²) >= 11 is 2.44. The first-order valence-electron chi connectivity index (χ1n) is 6.96. The van der Waals surface area contributed by atoms with Crippen LogP contribution in [0.25, 0.3) is 6.08 Å². The fourth-order valence-corrected chi connectivity index (χ4v) is 3.46. The number of aromatic nitrogens is 2. The third kappa shape index (κ3) is 3.37. The van der Waals surface area contributed by atoms with Crippen LogP contribution in [0, 0.1) is 0 Å². The lowest BCUT2D eigenvalue weighted by Crippen LogP contribution is -2.27. The van der Waals surface area contributed by atoms with Gasteiger partial charge in [0.15, 0.2) is 5.82 Å². The van der Waals surface area contributed by atoms with Crippen molar-refractivity contribution in [2.24, 2.45) is 0 Å². The van der Waals surface area contributed by atoms with Crippen LogP contribution in [0.4, 0.5) is 4.79 Å². The predicted octanol–water partition coefficient (Wildman–Crippen LogP) is 3.67. The van der Waals surface area contributed by atoms with E-state index in [2.05, 4.69) is 10.1 Å². The van der Waals surface area contributed by atoms with E-state index in [1.807, 2.05) is 38.3 Å². The van der Waals surface area contributed by atoms with Gasteiger partial charge in [-0.2, -0.15) is 4.98 Å². The standard InChI is InChI=1S/C15H15N3O3S2/c1-15(2,3)13-16-11(21-17-13)8-18-12(19)10(23-14(18)20)7-9-5-4-6-22-9/h4-7H,8H2,1-3H3/b10-7-. The first-order valence-corrected chi connectivity index (χ1v) is 8.66. The molecule has 2 aromatic rings. The third-order valence-corrected chi connectivity index (χ3v) is 4.85. The SMILES string of the molecule is CC(C)(C)c1noc(CN2C(=O)S/C(=C\c3cccs3)C2=O)n1. The Hall–Kier alpha value is -1.93. The van der Waals surface area contributed by atoms with Crippen LogP contribution in [0.5, 0.6) is 0 Å². The average molecular weight is 349 g/mol. The molecule has 6 nitrogen and oxygen atoms in total. The van der Waals surface area contributed by atoms with Crippen molar-refractivity contribution in [1.29, 1.82) is 0 Å². The Morgan fingerprint density at radius 1 is 1.35 bits per heavy atom. The van der Waals surface area contributed by atoms with E-state index in [-0.39, 0.29) is 29.0 Å². The van der Waals surface area contributed by atoms with Crippen LogP contribution in [0.3, 0.4) is 0 Å². The molecule has 8 heteroatoms. The van der Waals surface area contributed by atoms with Gasteiger partial charge >= 0.3 is 0 Å². The number of nitrogens with zero attached hydrogens (tertiary/aromatic N) is 3. The van der Waals surface area contributed by atoms with Crippen molar-refractivity contribution in [3.8, 4) is 0 Å². The Balaban J connectivity index is 1.77. The highest BCUT2D eigenvalue weighted by Gasteiger charge is 2.36. The van der Waals surface area contributed by atoms with E-state index in [0.29, 0.717) is 10.7 Å². The monoisotopic (exact) mass is 349 g/mol. The molecular formula is C15H15N3O3S2. The van der Waals surface area contributed by atoms with Gasteiger partial charge in [-0.3, -0.25) is 14.5 Å². The molecule has 3 rings (SSSR count). The summed E-state index contributed by atoms with van der Waals surface area (Å²) in [5.74, 6) is 0.479. The summed E-state index contributed by atoms with van der Waals surface area (Å²) in [7, 11) is 0. The van der Waals surface area contributed by atoms with Crippen molar-refractivity contribution < 1.29 is 14.1 Å².